The van der Waals surface area contributed by atoms with E-state index in [4.69, 9.17) is 4.74 Å². The van der Waals surface area contributed by atoms with Crippen LogP contribution < -0.4 is 9.64 Å². The van der Waals surface area contributed by atoms with E-state index in [-0.39, 0.29) is 0 Å². The molecule has 0 saturated carbocycles. The minimum Gasteiger partial charge on any atom is -0.455 e. The maximum atomic E-state index is 7.20. The fourth-order valence-electron chi connectivity index (χ4n) is 10.7. The predicted molar refractivity (Wildman–Crippen MR) is 262 cm³/mol. The number of fused-ring (bicyclic) bond motifs is 14. The van der Waals surface area contributed by atoms with Gasteiger partial charge < -0.3 is 9.64 Å². The molecule has 0 aromatic heterocycles. The van der Waals surface area contributed by atoms with Crippen LogP contribution in [0.2, 0.25) is 0 Å². The van der Waals surface area contributed by atoms with Crippen LogP contribution in [0.3, 0.4) is 0 Å². The van der Waals surface area contributed by atoms with Crippen LogP contribution in [0.4, 0.5) is 17.1 Å². The van der Waals surface area contributed by atoms with Crippen LogP contribution in [0, 0.1) is 0 Å². The first-order chi connectivity index (χ1) is 31.3. The lowest BCUT2D eigenvalue weighted by Crippen LogP contribution is -2.32. The highest BCUT2D eigenvalue weighted by Gasteiger charge is 2.51. The summed E-state index contributed by atoms with van der Waals surface area (Å²) in [7, 11) is 0. The van der Waals surface area contributed by atoms with Crippen molar-refractivity contribution >= 4 is 49.4 Å². The van der Waals surface area contributed by atoms with Crippen LogP contribution in [0.1, 0.15) is 22.3 Å². The lowest BCUT2D eigenvalue weighted by atomic mass is 9.65. The molecule has 11 aromatic rings. The molecule has 0 atom stereocenters. The van der Waals surface area contributed by atoms with Crippen LogP contribution in [-0.4, -0.2) is 0 Å². The maximum absolute atomic E-state index is 7.20. The average Bonchev–Trinajstić information content (AvgIpc) is 3.64. The van der Waals surface area contributed by atoms with Gasteiger partial charge in [0, 0.05) is 38.5 Å². The molecule has 13 rings (SSSR count). The summed E-state index contributed by atoms with van der Waals surface area (Å²) in [5, 5.41) is 6.97. The number of nitrogens with zero attached hydrogens (tertiary/aromatic N) is 1. The van der Waals surface area contributed by atoms with Crippen LogP contribution >= 0.6 is 0 Å². The summed E-state index contributed by atoms with van der Waals surface area (Å²) >= 11 is 0. The number of anilines is 3. The number of benzene rings is 11. The zero-order chi connectivity index (χ0) is 41.5. The van der Waals surface area contributed by atoms with Crippen molar-refractivity contribution in [2.24, 2.45) is 0 Å². The molecular weight excluding hydrogens is 763 g/mol. The molecule has 0 unspecified atom stereocenters. The van der Waals surface area contributed by atoms with Gasteiger partial charge in [-0.1, -0.05) is 206 Å². The molecule has 1 spiro atoms. The van der Waals surface area contributed by atoms with E-state index in [1.54, 1.807) is 0 Å². The van der Waals surface area contributed by atoms with Crippen LogP contribution in [-0.2, 0) is 5.41 Å². The number of hydrogen-bond acceptors (Lipinski definition) is 2. The summed E-state index contributed by atoms with van der Waals surface area (Å²) in [6, 6.07) is 86.5. The van der Waals surface area contributed by atoms with Crippen molar-refractivity contribution in [1.82, 2.24) is 0 Å². The Kier molecular flexibility index (Phi) is 7.85. The monoisotopic (exact) mass is 801 g/mol. The van der Waals surface area contributed by atoms with E-state index in [1.807, 2.05) is 0 Å². The second-order valence-corrected chi connectivity index (χ2v) is 16.7. The fraction of sp³-hybridized carbons (Fsp3) is 0.0164. The van der Waals surface area contributed by atoms with Crippen LogP contribution in [0.25, 0.3) is 65.7 Å². The molecular formula is C61H39NO. The van der Waals surface area contributed by atoms with Gasteiger partial charge in [0.1, 0.15) is 11.5 Å². The SMILES string of the molecule is c1ccc(-c2ccc(N(c3ccccc3-c3ccc4c(c3)-c3ccccc3C43c4ccc5ccccc5c4Oc4c3ccc3ccccc43)c3cccc4ccccc34)cc2)cc1. The lowest BCUT2D eigenvalue weighted by molar-refractivity contribution is 0.447. The van der Waals surface area contributed by atoms with Crippen molar-refractivity contribution in [3.05, 3.63) is 259 Å². The Balaban J connectivity index is 1.05. The molecule has 0 amide bonds. The first-order valence-corrected chi connectivity index (χ1v) is 21.8. The Morgan fingerprint density at radius 3 is 1.51 bits per heavy atom. The molecule has 0 saturated heterocycles. The van der Waals surface area contributed by atoms with Crippen molar-refractivity contribution in [2.75, 3.05) is 4.90 Å². The molecule has 2 nitrogen and oxygen atoms in total. The molecule has 63 heavy (non-hydrogen) atoms. The third kappa shape index (κ3) is 5.25. The standard InChI is InChI=1S/C61H39NO/c1-2-15-40(16-3-1)41-29-34-46(35-30-41)62(58-28-14-20-42-17-4-7-21-47(42)58)57-27-13-11-22-48(57)45-33-36-54-52(39-45)51-25-10-12-26-53(51)61(54)55-37-31-43-18-5-8-23-49(43)59(55)63-60-50-24-9-6-19-44(50)32-38-56(60)61/h1-39H. The Morgan fingerprint density at radius 1 is 0.302 bits per heavy atom. The largest absolute Gasteiger partial charge is 0.455 e. The van der Waals surface area contributed by atoms with Gasteiger partial charge in [0.25, 0.3) is 0 Å². The molecule has 0 fully saturated rings. The van der Waals surface area contributed by atoms with E-state index < -0.39 is 5.41 Å². The average molecular weight is 802 g/mol. The van der Waals surface area contributed by atoms with E-state index in [0.717, 1.165) is 50.5 Å². The normalized spacial score (nSPS) is 13.0. The van der Waals surface area contributed by atoms with Gasteiger partial charge in [-0.2, -0.15) is 0 Å². The van der Waals surface area contributed by atoms with E-state index >= 15 is 0 Å². The van der Waals surface area contributed by atoms with Gasteiger partial charge in [-0.3, -0.25) is 0 Å². The zero-order valence-electron chi connectivity index (χ0n) is 34.4. The molecule has 2 heteroatoms. The van der Waals surface area contributed by atoms with Crippen molar-refractivity contribution in [3.8, 4) is 44.9 Å². The van der Waals surface area contributed by atoms with Crippen molar-refractivity contribution in [3.63, 3.8) is 0 Å². The van der Waals surface area contributed by atoms with E-state index in [1.165, 1.54) is 66.1 Å². The smallest absolute Gasteiger partial charge is 0.140 e. The van der Waals surface area contributed by atoms with Gasteiger partial charge in [-0.15, -0.1) is 0 Å². The first-order valence-electron chi connectivity index (χ1n) is 21.8. The maximum Gasteiger partial charge on any atom is 0.140 e. The molecule has 1 aliphatic carbocycles. The van der Waals surface area contributed by atoms with Gasteiger partial charge in [0.15, 0.2) is 0 Å². The highest BCUT2D eigenvalue weighted by Crippen LogP contribution is 2.64. The minimum absolute atomic E-state index is 0.601. The van der Waals surface area contributed by atoms with Crippen molar-refractivity contribution < 1.29 is 4.74 Å². The van der Waals surface area contributed by atoms with Crippen LogP contribution in [0.15, 0.2) is 237 Å². The summed E-state index contributed by atoms with van der Waals surface area (Å²) < 4.78 is 7.20. The Hall–Kier alpha value is -8.20. The molecule has 0 radical (unpaired) electrons. The number of rotatable bonds is 5. The van der Waals surface area contributed by atoms with Gasteiger partial charge >= 0.3 is 0 Å². The topological polar surface area (TPSA) is 12.5 Å². The van der Waals surface area contributed by atoms with Gasteiger partial charge in [0.2, 0.25) is 0 Å². The summed E-state index contributed by atoms with van der Waals surface area (Å²) in [6.45, 7) is 0. The number of ether oxygens (including phenoxy) is 1. The van der Waals surface area contributed by atoms with E-state index in [2.05, 4.69) is 241 Å². The number of para-hydroxylation sites is 1. The first kappa shape index (κ1) is 35.5. The summed E-state index contributed by atoms with van der Waals surface area (Å²) in [4.78, 5) is 2.44. The minimum atomic E-state index is -0.601. The Labute approximate surface area is 366 Å². The molecule has 11 aromatic carbocycles. The third-order valence-corrected chi connectivity index (χ3v) is 13.5. The summed E-state index contributed by atoms with van der Waals surface area (Å²) in [5.74, 6) is 1.86. The van der Waals surface area contributed by atoms with Gasteiger partial charge in [0.05, 0.1) is 16.8 Å². The third-order valence-electron chi connectivity index (χ3n) is 13.5. The molecule has 1 aliphatic heterocycles. The highest BCUT2D eigenvalue weighted by atomic mass is 16.5. The van der Waals surface area contributed by atoms with Crippen molar-refractivity contribution in [2.45, 2.75) is 5.41 Å². The van der Waals surface area contributed by atoms with E-state index in [9.17, 15) is 0 Å². The zero-order valence-corrected chi connectivity index (χ0v) is 34.4. The Morgan fingerprint density at radius 2 is 0.794 bits per heavy atom. The van der Waals surface area contributed by atoms with Gasteiger partial charge in [-0.05, 0) is 85.4 Å². The Bertz CT molecular complexity index is 3520. The summed E-state index contributed by atoms with van der Waals surface area (Å²) in [5.41, 5.74) is 14.8. The molecule has 0 N–H and O–H groups in total. The van der Waals surface area contributed by atoms with Gasteiger partial charge in [-0.25, -0.2) is 0 Å². The fourth-order valence-corrected chi connectivity index (χ4v) is 10.7. The molecule has 2 aliphatic rings. The molecule has 1 heterocycles. The second-order valence-electron chi connectivity index (χ2n) is 16.7. The summed E-state index contributed by atoms with van der Waals surface area (Å²) in [6.07, 6.45) is 0. The molecule has 0 bridgehead atoms. The quantitative estimate of drug-likeness (QED) is 0.172. The number of hydrogen-bond donors (Lipinski definition) is 0. The molecule has 294 valence electrons. The van der Waals surface area contributed by atoms with Crippen molar-refractivity contribution in [1.29, 1.82) is 0 Å². The lowest BCUT2D eigenvalue weighted by Gasteiger charge is -2.40. The van der Waals surface area contributed by atoms with E-state index in [0.29, 0.717) is 0 Å². The highest BCUT2D eigenvalue weighted by molar-refractivity contribution is 6.03. The second kappa shape index (κ2) is 13.9. The van der Waals surface area contributed by atoms with Crippen LogP contribution in [0.5, 0.6) is 11.5 Å². The predicted octanol–water partition coefficient (Wildman–Crippen LogP) is 16.4.